The number of sulfonamides is 1. The summed E-state index contributed by atoms with van der Waals surface area (Å²) >= 11 is 1.42. The molecule has 4 rings (SSSR count). The number of unbranched alkanes of at least 4 members (excludes halogenated alkanes) is 1. The summed E-state index contributed by atoms with van der Waals surface area (Å²) in [6, 6.07) is 9.92. The van der Waals surface area contributed by atoms with E-state index in [-0.39, 0.29) is 10.8 Å². The van der Waals surface area contributed by atoms with E-state index in [4.69, 9.17) is 14.5 Å². The Labute approximate surface area is 222 Å². The first-order valence-electron chi connectivity index (χ1n) is 12.4. The number of rotatable bonds is 11. The van der Waals surface area contributed by atoms with Gasteiger partial charge in [0.15, 0.2) is 16.6 Å². The summed E-state index contributed by atoms with van der Waals surface area (Å²) in [6.45, 7) is 4.75. The number of carbonyl (C=O) groups is 1. The van der Waals surface area contributed by atoms with Crippen LogP contribution in [0.1, 0.15) is 36.5 Å². The number of ether oxygens (including phenoxy) is 2. The molecular weight excluding hydrogens is 512 g/mol. The number of thiazole rings is 1. The molecule has 1 aliphatic rings. The van der Waals surface area contributed by atoms with Crippen LogP contribution in [0.2, 0.25) is 0 Å². The second kappa shape index (κ2) is 11.8. The van der Waals surface area contributed by atoms with Gasteiger partial charge in [0, 0.05) is 37.8 Å². The Morgan fingerprint density at radius 2 is 1.65 bits per heavy atom. The molecule has 2 aromatic carbocycles. The molecule has 0 unspecified atom stereocenters. The molecule has 0 bridgehead atoms. The predicted molar refractivity (Wildman–Crippen MR) is 147 cm³/mol. The van der Waals surface area contributed by atoms with E-state index in [1.165, 1.54) is 27.8 Å². The van der Waals surface area contributed by atoms with Crippen LogP contribution in [0, 0.1) is 0 Å². The Bertz CT molecular complexity index is 1300. The molecule has 0 saturated heterocycles. The van der Waals surface area contributed by atoms with E-state index < -0.39 is 10.0 Å². The monoisotopic (exact) mass is 546 g/mol. The first-order valence-corrected chi connectivity index (χ1v) is 14.7. The molecule has 0 atom stereocenters. The van der Waals surface area contributed by atoms with Gasteiger partial charge in [0.2, 0.25) is 10.0 Å². The molecular formula is C26H34N4O5S2. The number of amides is 1. The van der Waals surface area contributed by atoms with E-state index in [1.54, 1.807) is 24.1 Å². The van der Waals surface area contributed by atoms with Crippen LogP contribution in [0.25, 0.3) is 10.2 Å². The van der Waals surface area contributed by atoms with Crippen LogP contribution in [-0.2, 0) is 10.0 Å². The Morgan fingerprint density at radius 3 is 2.30 bits per heavy atom. The lowest BCUT2D eigenvalue weighted by atomic mass is 10.2. The zero-order valence-corrected chi connectivity index (χ0v) is 23.4. The Morgan fingerprint density at radius 1 is 0.973 bits per heavy atom. The average molecular weight is 547 g/mol. The lowest BCUT2D eigenvalue weighted by molar-refractivity contribution is 0.0986. The first kappa shape index (κ1) is 27.3. The van der Waals surface area contributed by atoms with Gasteiger partial charge in [-0.05, 0) is 57.7 Å². The van der Waals surface area contributed by atoms with Crippen molar-refractivity contribution in [3.05, 3.63) is 42.0 Å². The van der Waals surface area contributed by atoms with Crippen molar-refractivity contribution in [2.75, 3.05) is 58.9 Å². The number of aromatic nitrogens is 1. The Balaban J connectivity index is 1.61. The smallest absolute Gasteiger partial charge is 0.260 e. The molecule has 1 aliphatic heterocycles. The van der Waals surface area contributed by atoms with Gasteiger partial charge in [-0.25, -0.2) is 17.7 Å². The maximum atomic E-state index is 13.7. The van der Waals surface area contributed by atoms with Crippen molar-refractivity contribution in [2.24, 2.45) is 0 Å². The molecule has 0 saturated carbocycles. The van der Waals surface area contributed by atoms with E-state index >= 15 is 0 Å². The minimum absolute atomic E-state index is 0.173. The lowest BCUT2D eigenvalue weighted by Gasteiger charge is -2.21. The third-order valence-electron chi connectivity index (χ3n) is 6.14. The zero-order chi connectivity index (χ0) is 26.6. The molecule has 2 heterocycles. The van der Waals surface area contributed by atoms with Crippen molar-refractivity contribution in [1.29, 1.82) is 0 Å². The maximum Gasteiger partial charge on any atom is 0.260 e. The van der Waals surface area contributed by atoms with Crippen LogP contribution in [0.3, 0.4) is 0 Å². The van der Waals surface area contributed by atoms with Crippen LogP contribution in [0.15, 0.2) is 41.3 Å². The van der Waals surface area contributed by atoms with E-state index in [2.05, 4.69) is 4.90 Å². The minimum Gasteiger partial charge on any atom is -0.486 e. The molecule has 200 valence electrons. The standard InChI is InChI=1S/C26H34N4O5S2/c1-5-6-13-29(4)37(32,33)20-10-8-19(9-11-20)25(31)30(14-7-12-28(2)3)26-27-21-17-22-23(18-24(21)36-26)35-16-15-34-22/h8-11,17-18H,5-7,12-16H2,1-4H3. The van der Waals surface area contributed by atoms with Crippen LogP contribution in [-0.4, -0.2) is 82.5 Å². The summed E-state index contributed by atoms with van der Waals surface area (Å²) in [5.41, 5.74) is 1.15. The molecule has 0 N–H and O–H groups in total. The number of nitrogens with zero attached hydrogens (tertiary/aromatic N) is 4. The fourth-order valence-electron chi connectivity index (χ4n) is 4.00. The van der Waals surface area contributed by atoms with Crippen LogP contribution in [0.4, 0.5) is 5.13 Å². The number of hydrogen-bond donors (Lipinski definition) is 0. The van der Waals surface area contributed by atoms with Crippen molar-refractivity contribution < 1.29 is 22.7 Å². The molecule has 0 radical (unpaired) electrons. The number of fused-ring (bicyclic) bond motifs is 2. The molecule has 3 aromatic rings. The van der Waals surface area contributed by atoms with E-state index in [1.807, 2.05) is 33.2 Å². The third kappa shape index (κ3) is 6.23. The summed E-state index contributed by atoms with van der Waals surface area (Å²) in [4.78, 5) is 22.3. The van der Waals surface area contributed by atoms with Gasteiger partial charge in [-0.15, -0.1) is 0 Å². The topological polar surface area (TPSA) is 92.3 Å². The molecule has 0 aliphatic carbocycles. The van der Waals surface area contributed by atoms with Crippen LogP contribution >= 0.6 is 11.3 Å². The molecule has 1 amide bonds. The molecule has 0 fully saturated rings. The van der Waals surface area contributed by atoms with Crippen molar-refractivity contribution >= 4 is 42.6 Å². The van der Waals surface area contributed by atoms with Gasteiger partial charge < -0.3 is 14.4 Å². The summed E-state index contributed by atoms with van der Waals surface area (Å²) in [6.07, 6.45) is 2.45. The highest BCUT2D eigenvalue weighted by molar-refractivity contribution is 7.89. The molecule has 11 heteroatoms. The summed E-state index contributed by atoms with van der Waals surface area (Å²) in [5, 5.41) is 0.581. The highest BCUT2D eigenvalue weighted by atomic mass is 32.2. The zero-order valence-electron chi connectivity index (χ0n) is 21.8. The van der Waals surface area contributed by atoms with Gasteiger partial charge in [-0.1, -0.05) is 24.7 Å². The Hall–Kier alpha value is -2.73. The quantitative estimate of drug-likeness (QED) is 0.358. The van der Waals surface area contributed by atoms with Gasteiger partial charge in [-0.3, -0.25) is 9.69 Å². The largest absolute Gasteiger partial charge is 0.486 e. The third-order valence-corrected chi connectivity index (χ3v) is 9.05. The number of anilines is 1. The normalized spacial score (nSPS) is 13.5. The average Bonchev–Trinajstić information content (AvgIpc) is 3.30. The van der Waals surface area contributed by atoms with Crippen molar-refractivity contribution in [3.8, 4) is 11.5 Å². The van der Waals surface area contributed by atoms with Gasteiger partial charge in [0.05, 0.1) is 15.1 Å². The fourth-order valence-corrected chi connectivity index (χ4v) is 6.21. The predicted octanol–water partition coefficient (Wildman–Crippen LogP) is 4.09. The van der Waals surface area contributed by atoms with Crippen LogP contribution < -0.4 is 14.4 Å². The van der Waals surface area contributed by atoms with Crippen LogP contribution in [0.5, 0.6) is 11.5 Å². The number of hydrogen-bond acceptors (Lipinski definition) is 8. The lowest BCUT2D eigenvalue weighted by Crippen LogP contribution is -2.33. The highest BCUT2D eigenvalue weighted by Gasteiger charge is 2.25. The molecule has 9 nitrogen and oxygen atoms in total. The molecule has 0 spiro atoms. The molecule has 37 heavy (non-hydrogen) atoms. The summed E-state index contributed by atoms with van der Waals surface area (Å²) in [7, 11) is 1.96. The highest BCUT2D eigenvalue weighted by Crippen LogP contribution is 2.39. The summed E-state index contributed by atoms with van der Waals surface area (Å²) < 4.78 is 39.4. The van der Waals surface area contributed by atoms with Crippen molar-refractivity contribution in [1.82, 2.24) is 14.2 Å². The fraction of sp³-hybridized carbons (Fsp3) is 0.462. The number of benzene rings is 2. The van der Waals surface area contributed by atoms with E-state index in [9.17, 15) is 13.2 Å². The maximum absolute atomic E-state index is 13.7. The molecule has 1 aromatic heterocycles. The van der Waals surface area contributed by atoms with Crippen molar-refractivity contribution in [3.63, 3.8) is 0 Å². The number of carbonyl (C=O) groups excluding carboxylic acids is 1. The van der Waals surface area contributed by atoms with Gasteiger partial charge in [0.1, 0.15) is 13.2 Å². The van der Waals surface area contributed by atoms with Gasteiger partial charge in [0.25, 0.3) is 5.91 Å². The second-order valence-corrected chi connectivity index (χ2v) is 12.3. The van der Waals surface area contributed by atoms with Gasteiger partial charge in [-0.2, -0.15) is 0 Å². The minimum atomic E-state index is -3.61. The second-order valence-electron chi connectivity index (χ2n) is 9.28. The van der Waals surface area contributed by atoms with Gasteiger partial charge >= 0.3 is 0 Å². The SMILES string of the molecule is CCCCN(C)S(=O)(=O)c1ccc(C(=O)N(CCCN(C)C)c2nc3cc4c(cc3s2)OCCO4)cc1. The van der Waals surface area contributed by atoms with Crippen molar-refractivity contribution in [2.45, 2.75) is 31.1 Å². The van der Waals surface area contributed by atoms with E-state index in [0.29, 0.717) is 48.5 Å². The Kier molecular flexibility index (Phi) is 8.68. The first-order chi connectivity index (χ1) is 17.7. The summed E-state index contributed by atoms with van der Waals surface area (Å²) in [5.74, 6) is 1.11. The van der Waals surface area contributed by atoms with E-state index in [0.717, 1.165) is 36.0 Å².